The highest BCUT2D eigenvalue weighted by molar-refractivity contribution is 9.11. The molecule has 3 N–H and O–H groups in total. The molecule has 0 radical (unpaired) electrons. The molecule has 0 saturated carbocycles. The lowest BCUT2D eigenvalue weighted by Crippen LogP contribution is -2.56. The number of nitrogens with one attached hydrogen (secondary N) is 2. The zero-order chi connectivity index (χ0) is 36.3. The predicted molar refractivity (Wildman–Crippen MR) is 195 cm³/mol. The summed E-state index contributed by atoms with van der Waals surface area (Å²) in [6, 6.07) is 7.28. The number of rotatable bonds is 7. The normalized spacial score (nSPS) is 19.2. The summed E-state index contributed by atoms with van der Waals surface area (Å²) in [5.41, 5.74) is 0.0731. The number of phenolic OH excluding ortho intramolecular Hbond substituents is 1. The van der Waals surface area contributed by atoms with Crippen LogP contribution in [0.15, 0.2) is 56.3 Å². The minimum Gasteiger partial charge on any atom is -0.506 e. The van der Waals surface area contributed by atoms with Gasteiger partial charge in [-0.05, 0) is 113 Å². The molecule has 0 aliphatic carbocycles. The van der Waals surface area contributed by atoms with Gasteiger partial charge in [-0.2, -0.15) is 13.2 Å². The first-order valence-electron chi connectivity index (χ1n) is 17.6. The van der Waals surface area contributed by atoms with E-state index in [1.165, 1.54) is 48.6 Å². The van der Waals surface area contributed by atoms with E-state index in [4.69, 9.17) is 0 Å². The fourth-order valence-corrected chi connectivity index (χ4v) is 8.86. The zero-order valence-electron chi connectivity index (χ0n) is 28.2. The molecule has 2 aromatic carbocycles. The first-order valence-corrected chi connectivity index (χ1v) is 19.2. The second-order valence-electron chi connectivity index (χ2n) is 13.8. The lowest BCUT2D eigenvalue weighted by molar-refractivity contribution is -0.137. The highest BCUT2D eigenvalue weighted by Crippen LogP contribution is 2.35. The summed E-state index contributed by atoms with van der Waals surface area (Å²) in [5, 5.41) is 13.3. The largest absolute Gasteiger partial charge is 0.506 e. The number of amides is 3. The van der Waals surface area contributed by atoms with Crippen LogP contribution in [-0.4, -0.2) is 92.6 Å². The Kier molecular flexibility index (Phi) is 11.9. The lowest BCUT2D eigenvalue weighted by atomic mass is 9.99. The van der Waals surface area contributed by atoms with E-state index in [2.05, 4.69) is 47.1 Å². The standard InChI is InChI=1S/C36H43Br2F3N6O4/c37-28-18-23(19-29(38)32(28)48)20-30(33(49)45-14-8-26(9-15-45)44-12-3-1-2-4-13-44)42-34(50)46-16-10-27(11-17-46)47-22-31(43-35(47)51)24-6-5-7-25(21-24)36(39,40)41/h5-7,18-19,21-22,26-27,30,48H,1-4,8-17,20H2,(H,42,50)(H,43,51)/t30-/m0/s1. The number of urea groups is 1. The first-order chi connectivity index (χ1) is 24.4. The monoisotopic (exact) mass is 838 g/mol. The fraction of sp³-hybridized carbons (Fsp3) is 0.528. The maximum absolute atomic E-state index is 14.1. The molecule has 3 fully saturated rings. The number of aromatic nitrogens is 2. The number of halogens is 5. The highest BCUT2D eigenvalue weighted by atomic mass is 79.9. The average Bonchev–Trinajstić information content (AvgIpc) is 3.30. The molecule has 15 heteroatoms. The van der Waals surface area contributed by atoms with Crippen molar-refractivity contribution in [3.63, 3.8) is 0 Å². The topological polar surface area (TPSA) is 114 Å². The van der Waals surface area contributed by atoms with Crippen LogP contribution in [0.1, 0.15) is 68.5 Å². The van der Waals surface area contributed by atoms with Crippen molar-refractivity contribution < 1.29 is 27.9 Å². The van der Waals surface area contributed by atoms with E-state index >= 15 is 0 Å². The van der Waals surface area contributed by atoms with E-state index in [-0.39, 0.29) is 41.4 Å². The van der Waals surface area contributed by atoms with Gasteiger partial charge in [0.2, 0.25) is 5.91 Å². The Morgan fingerprint density at radius 1 is 0.882 bits per heavy atom. The summed E-state index contributed by atoms with van der Waals surface area (Å²) in [6.45, 7) is 4.10. The van der Waals surface area contributed by atoms with Crippen LogP contribution in [0, 0.1) is 0 Å². The molecule has 3 aromatic rings. The molecule has 3 saturated heterocycles. The molecule has 10 nitrogen and oxygen atoms in total. The number of aromatic amines is 1. The average molecular weight is 841 g/mol. The number of H-pyrrole nitrogens is 1. The first kappa shape index (κ1) is 37.5. The summed E-state index contributed by atoms with van der Waals surface area (Å²) in [7, 11) is 0. The van der Waals surface area contributed by atoms with Gasteiger partial charge in [-0.25, -0.2) is 9.59 Å². The quantitative estimate of drug-likeness (QED) is 0.239. The van der Waals surface area contributed by atoms with Gasteiger partial charge in [0.25, 0.3) is 0 Å². The number of benzene rings is 2. The number of alkyl halides is 3. The van der Waals surface area contributed by atoms with Crippen molar-refractivity contribution in [3.8, 4) is 17.0 Å². The summed E-state index contributed by atoms with van der Waals surface area (Å²) in [4.78, 5) is 49.4. The molecular formula is C36H43Br2F3N6O4. The van der Waals surface area contributed by atoms with Gasteiger partial charge in [0.15, 0.2) is 0 Å². The van der Waals surface area contributed by atoms with Crippen LogP contribution in [-0.2, 0) is 17.4 Å². The van der Waals surface area contributed by atoms with Crippen LogP contribution in [0.2, 0.25) is 0 Å². The summed E-state index contributed by atoms with van der Waals surface area (Å²) < 4.78 is 42.3. The van der Waals surface area contributed by atoms with Crippen molar-refractivity contribution in [2.45, 2.75) is 82.1 Å². The van der Waals surface area contributed by atoms with E-state index in [1.54, 1.807) is 17.0 Å². The van der Waals surface area contributed by atoms with Crippen molar-refractivity contribution >= 4 is 43.8 Å². The van der Waals surface area contributed by atoms with Gasteiger partial charge in [0, 0.05) is 56.4 Å². The number of hydrogen-bond donors (Lipinski definition) is 3. The minimum absolute atomic E-state index is 0.0487. The summed E-state index contributed by atoms with van der Waals surface area (Å²) >= 11 is 6.74. The smallest absolute Gasteiger partial charge is 0.416 e. The number of carbonyl (C=O) groups excluding carboxylic acids is 2. The van der Waals surface area contributed by atoms with Crippen LogP contribution < -0.4 is 11.0 Å². The van der Waals surface area contributed by atoms with Gasteiger partial charge in [-0.3, -0.25) is 9.36 Å². The lowest BCUT2D eigenvalue weighted by Gasteiger charge is -2.39. The van der Waals surface area contributed by atoms with E-state index in [0.717, 1.165) is 43.6 Å². The Labute approximate surface area is 311 Å². The maximum atomic E-state index is 14.1. The molecule has 4 heterocycles. The van der Waals surface area contributed by atoms with Crippen LogP contribution in [0.3, 0.4) is 0 Å². The Balaban J connectivity index is 1.11. The minimum atomic E-state index is -4.50. The molecule has 0 spiro atoms. The van der Waals surface area contributed by atoms with Gasteiger partial charge in [0.05, 0.1) is 20.2 Å². The molecule has 0 bridgehead atoms. The number of phenols is 1. The van der Waals surface area contributed by atoms with E-state index in [9.17, 15) is 32.7 Å². The molecule has 0 unspecified atom stereocenters. The van der Waals surface area contributed by atoms with Gasteiger partial charge in [-0.15, -0.1) is 0 Å². The summed E-state index contributed by atoms with van der Waals surface area (Å²) in [5.74, 6) is -0.0959. The Hall–Kier alpha value is -3.30. The third-order valence-corrected chi connectivity index (χ3v) is 11.6. The molecule has 276 valence electrons. The Morgan fingerprint density at radius 2 is 1.49 bits per heavy atom. The molecule has 1 atom stereocenters. The number of imidazole rings is 1. The molecule has 51 heavy (non-hydrogen) atoms. The van der Waals surface area contributed by atoms with E-state index in [0.29, 0.717) is 54.0 Å². The second-order valence-corrected chi connectivity index (χ2v) is 15.5. The maximum Gasteiger partial charge on any atom is 0.416 e. The number of nitrogens with zero attached hydrogens (tertiary/aromatic N) is 4. The fourth-order valence-electron chi connectivity index (χ4n) is 7.58. The number of aromatic hydroxyl groups is 1. The zero-order valence-corrected chi connectivity index (χ0v) is 31.4. The third kappa shape index (κ3) is 9.02. The van der Waals surface area contributed by atoms with Crippen LogP contribution in [0.4, 0.5) is 18.0 Å². The van der Waals surface area contributed by atoms with Gasteiger partial charge in [-0.1, -0.05) is 25.0 Å². The predicted octanol–water partition coefficient (Wildman–Crippen LogP) is 6.92. The SMILES string of the molecule is O=C(N[C@@H](Cc1cc(Br)c(O)c(Br)c1)C(=O)N1CCC(N2CCCCCC2)CC1)N1CCC(n2cc(-c3cccc(C(F)(F)F)c3)[nH]c2=O)CC1. The Morgan fingerprint density at radius 3 is 2.12 bits per heavy atom. The summed E-state index contributed by atoms with van der Waals surface area (Å²) in [6.07, 6.45) is 4.91. The molecule has 3 aliphatic rings. The number of piperidine rings is 2. The van der Waals surface area contributed by atoms with Crippen molar-refractivity contribution in [2.75, 3.05) is 39.3 Å². The number of likely N-dealkylation sites (tertiary alicyclic amines) is 3. The van der Waals surface area contributed by atoms with E-state index < -0.39 is 23.5 Å². The van der Waals surface area contributed by atoms with Crippen molar-refractivity contribution in [3.05, 3.63) is 73.2 Å². The highest BCUT2D eigenvalue weighted by Gasteiger charge is 2.34. The van der Waals surface area contributed by atoms with Gasteiger partial charge < -0.3 is 30.1 Å². The molecular weight excluding hydrogens is 797 g/mol. The number of hydrogen-bond acceptors (Lipinski definition) is 5. The molecule has 6 rings (SSSR count). The van der Waals surface area contributed by atoms with Gasteiger partial charge >= 0.3 is 17.9 Å². The third-order valence-electron chi connectivity index (χ3n) is 10.4. The van der Waals surface area contributed by atoms with Crippen molar-refractivity contribution in [1.29, 1.82) is 0 Å². The van der Waals surface area contributed by atoms with Crippen LogP contribution in [0.25, 0.3) is 11.3 Å². The van der Waals surface area contributed by atoms with Crippen molar-refractivity contribution in [1.82, 2.24) is 29.6 Å². The van der Waals surface area contributed by atoms with E-state index in [1.807, 2.05) is 4.90 Å². The van der Waals surface area contributed by atoms with Gasteiger partial charge in [0.1, 0.15) is 11.8 Å². The number of carbonyl (C=O) groups is 2. The molecule has 1 aromatic heterocycles. The Bertz CT molecular complexity index is 1730. The van der Waals surface area contributed by atoms with Crippen LogP contribution in [0.5, 0.6) is 5.75 Å². The molecule has 3 amide bonds. The van der Waals surface area contributed by atoms with Crippen LogP contribution >= 0.6 is 31.9 Å². The molecule has 3 aliphatic heterocycles. The second kappa shape index (κ2) is 16.2. The van der Waals surface area contributed by atoms with Crippen molar-refractivity contribution in [2.24, 2.45) is 0 Å².